The Labute approximate surface area is 164 Å². The summed E-state index contributed by atoms with van der Waals surface area (Å²) in [5.74, 6) is 1.37. The van der Waals surface area contributed by atoms with Gasteiger partial charge in [-0.15, -0.1) is 0 Å². The first-order valence-electron chi connectivity index (χ1n) is 9.16. The van der Waals surface area contributed by atoms with Crippen molar-refractivity contribution in [3.05, 3.63) is 89.0 Å². The summed E-state index contributed by atoms with van der Waals surface area (Å²) in [5, 5.41) is 0.890. The highest BCUT2D eigenvalue weighted by molar-refractivity contribution is 5.82. The molecule has 0 amide bonds. The van der Waals surface area contributed by atoms with Crippen LogP contribution in [-0.2, 0) is 11.2 Å². The van der Waals surface area contributed by atoms with E-state index >= 15 is 0 Å². The fraction of sp³-hybridized carbons (Fsp3) is 0.208. The highest BCUT2D eigenvalue weighted by atomic mass is 16.5. The van der Waals surface area contributed by atoms with Crippen molar-refractivity contribution < 1.29 is 13.9 Å². The summed E-state index contributed by atoms with van der Waals surface area (Å²) in [5.41, 5.74) is 3.51. The molecule has 4 nitrogen and oxygen atoms in total. The summed E-state index contributed by atoms with van der Waals surface area (Å²) in [6.45, 7) is 10.1. The molecule has 144 valence electrons. The number of ether oxygens (including phenoxy) is 2. The first-order valence-corrected chi connectivity index (χ1v) is 9.16. The number of methoxy groups -OCH3 is 1. The van der Waals surface area contributed by atoms with Crippen LogP contribution in [0, 0.1) is 0 Å². The highest BCUT2D eigenvalue weighted by Crippen LogP contribution is 2.24. The molecule has 0 spiro atoms. The van der Waals surface area contributed by atoms with Crippen LogP contribution in [0.3, 0.4) is 0 Å². The Bertz CT molecular complexity index is 1060. The molecule has 0 aliphatic rings. The molecule has 2 aromatic carbocycles. The molecular weight excluding hydrogens is 352 g/mol. The maximum atomic E-state index is 12.5. The van der Waals surface area contributed by atoms with Gasteiger partial charge in [-0.05, 0) is 60.7 Å². The van der Waals surface area contributed by atoms with E-state index in [4.69, 9.17) is 13.9 Å². The van der Waals surface area contributed by atoms with Crippen LogP contribution in [0.1, 0.15) is 18.9 Å². The molecule has 0 unspecified atom stereocenters. The third-order valence-electron chi connectivity index (χ3n) is 4.56. The van der Waals surface area contributed by atoms with Crippen LogP contribution in [0.25, 0.3) is 22.1 Å². The first kappa shape index (κ1) is 19.5. The quantitative estimate of drug-likeness (QED) is 0.225. The van der Waals surface area contributed by atoms with E-state index in [2.05, 4.69) is 13.2 Å². The van der Waals surface area contributed by atoms with E-state index in [1.165, 1.54) is 0 Å². The van der Waals surface area contributed by atoms with Crippen LogP contribution < -0.4 is 10.4 Å². The van der Waals surface area contributed by atoms with E-state index in [-0.39, 0.29) is 5.63 Å². The molecule has 1 heterocycles. The number of allylic oxidation sites excluding steroid dienone is 1. The normalized spacial score (nSPS) is 10.6. The SMILES string of the molecule is C=C(C)C(=C)OCCCc1ccc2cc(-c3ccc(OC)cc3)c(=O)oc2c1. The number of hydrogen-bond acceptors (Lipinski definition) is 4. The molecule has 3 aromatic rings. The van der Waals surface area contributed by atoms with Gasteiger partial charge in [0.15, 0.2) is 0 Å². The van der Waals surface area contributed by atoms with Crippen molar-refractivity contribution in [2.24, 2.45) is 0 Å². The molecule has 0 bridgehead atoms. The Morgan fingerprint density at radius 3 is 2.50 bits per heavy atom. The van der Waals surface area contributed by atoms with Gasteiger partial charge in [-0.25, -0.2) is 4.79 Å². The molecule has 0 N–H and O–H groups in total. The molecule has 0 saturated carbocycles. The largest absolute Gasteiger partial charge is 0.497 e. The molecule has 3 rings (SSSR count). The zero-order valence-electron chi connectivity index (χ0n) is 16.3. The molecule has 4 heteroatoms. The van der Waals surface area contributed by atoms with Gasteiger partial charge >= 0.3 is 5.63 Å². The topological polar surface area (TPSA) is 48.7 Å². The van der Waals surface area contributed by atoms with Gasteiger partial charge in [0, 0.05) is 5.39 Å². The van der Waals surface area contributed by atoms with Crippen LogP contribution in [0.5, 0.6) is 5.75 Å². The standard InChI is InChI=1S/C24H24O4/c1-16(2)17(3)27-13-5-6-18-7-8-20-15-22(24(25)28-23(20)14-18)19-9-11-21(26-4)12-10-19/h7-12,14-15H,1,3,5-6,13H2,2,4H3. The summed E-state index contributed by atoms with van der Waals surface area (Å²) in [7, 11) is 1.61. The van der Waals surface area contributed by atoms with Gasteiger partial charge in [0.25, 0.3) is 0 Å². The molecule has 0 fully saturated rings. The van der Waals surface area contributed by atoms with E-state index < -0.39 is 0 Å². The predicted octanol–water partition coefficient (Wildman–Crippen LogP) is 5.51. The number of aryl methyl sites for hydroxylation is 1. The van der Waals surface area contributed by atoms with Crippen molar-refractivity contribution in [1.82, 2.24) is 0 Å². The molecule has 0 atom stereocenters. The average Bonchev–Trinajstić information content (AvgIpc) is 2.70. The molecule has 28 heavy (non-hydrogen) atoms. The van der Waals surface area contributed by atoms with Crippen molar-refractivity contribution >= 4 is 11.0 Å². The fourth-order valence-electron chi connectivity index (χ4n) is 2.88. The van der Waals surface area contributed by atoms with E-state index in [1.54, 1.807) is 7.11 Å². The van der Waals surface area contributed by atoms with E-state index in [0.29, 0.717) is 23.5 Å². The minimum absolute atomic E-state index is 0.351. The smallest absolute Gasteiger partial charge is 0.344 e. The lowest BCUT2D eigenvalue weighted by Gasteiger charge is -2.09. The minimum Gasteiger partial charge on any atom is -0.497 e. The zero-order chi connectivity index (χ0) is 20.1. The number of fused-ring (bicyclic) bond motifs is 1. The van der Waals surface area contributed by atoms with Crippen LogP contribution >= 0.6 is 0 Å². The zero-order valence-corrected chi connectivity index (χ0v) is 16.3. The Morgan fingerprint density at radius 2 is 1.82 bits per heavy atom. The van der Waals surface area contributed by atoms with Crippen molar-refractivity contribution in [3.8, 4) is 16.9 Å². The summed E-state index contributed by atoms with van der Waals surface area (Å²) in [4.78, 5) is 12.5. The van der Waals surface area contributed by atoms with E-state index in [1.807, 2.05) is 55.5 Å². The third kappa shape index (κ3) is 4.52. The third-order valence-corrected chi connectivity index (χ3v) is 4.56. The van der Waals surface area contributed by atoms with Crippen LogP contribution in [0.4, 0.5) is 0 Å². The van der Waals surface area contributed by atoms with Crippen LogP contribution in [-0.4, -0.2) is 13.7 Å². The number of benzene rings is 2. The molecule has 0 aliphatic heterocycles. The summed E-state index contributed by atoms with van der Waals surface area (Å²) in [6.07, 6.45) is 1.66. The summed E-state index contributed by atoms with van der Waals surface area (Å²) < 4.78 is 16.3. The summed E-state index contributed by atoms with van der Waals surface area (Å²) in [6, 6.07) is 15.2. The predicted molar refractivity (Wildman–Crippen MR) is 113 cm³/mol. The molecule has 0 aliphatic carbocycles. The molecule has 0 saturated heterocycles. The lowest BCUT2D eigenvalue weighted by atomic mass is 10.0. The minimum atomic E-state index is -0.351. The fourth-order valence-corrected chi connectivity index (χ4v) is 2.88. The second-order valence-corrected chi connectivity index (χ2v) is 6.70. The first-order chi connectivity index (χ1) is 13.5. The lowest BCUT2D eigenvalue weighted by molar-refractivity contribution is 0.218. The van der Waals surface area contributed by atoms with Crippen LogP contribution in [0.15, 0.2) is 82.2 Å². The van der Waals surface area contributed by atoms with E-state index in [0.717, 1.165) is 40.7 Å². The van der Waals surface area contributed by atoms with Gasteiger partial charge in [0.2, 0.25) is 0 Å². The van der Waals surface area contributed by atoms with Crippen molar-refractivity contribution in [1.29, 1.82) is 0 Å². The second kappa shape index (κ2) is 8.61. The molecular formula is C24H24O4. The monoisotopic (exact) mass is 376 g/mol. The van der Waals surface area contributed by atoms with Gasteiger partial charge in [-0.2, -0.15) is 0 Å². The second-order valence-electron chi connectivity index (χ2n) is 6.70. The lowest BCUT2D eigenvalue weighted by Crippen LogP contribution is -2.03. The van der Waals surface area contributed by atoms with Crippen molar-refractivity contribution in [3.63, 3.8) is 0 Å². The van der Waals surface area contributed by atoms with Gasteiger partial charge in [0.05, 0.1) is 19.3 Å². The van der Waals surface area contributed by atoms with Gasteiger partial charge in [-0.1, -0.05) is 37.4 Å². The summed E-state index contributed by atoms with van der Waals surface area (Å²) >= 11 is 0. The van der Waals surface area contributed by atoms with Gasteiger partial charge in [-0.3, -0.25) is 0 Å². The molecule has 1 aromatic heterocycles. The maximum Gasteiger partial charge on any atom is 0.344 e. The van der Waals surface area contributed by atoms with Gasteiger partial charge in [0.1, 0.15) is 17.1 Å². The number of hydrogen-bond donors (Lipinski definition) is 0. The highest BCUT2D eigenvalue weighted by Gasteiger charge is 2.09. The van der Waals surface area contributed by atoms with Crippen molar-refractivity contribution in [2.45, 2.75) is 19.8 Å². The number of rotatable bonds is 8. The van der Waals surface area contributed by atoms with E-state index in [9.17, 15) is 4.79 Å². The Morgan fingerprint density at radius 1 is 1.07 bits per heavy atom. The Balaban J connectivity index is 1.75. The Kier molecular flexibility index (Phi) is 5.99. The Hall–Kier alpha value is -3.27. The van der Waals surface area contributed by atoms with Gasteiger partial charge < -0.3 is 13.9 Å². The average molecular weight is 376 g/mol. The maximum absolute atomic E-state index is 12.5. The van der Waals surface area contributed by atoms with Crippen molar-refractivity contribution in [2.75, 3.05) is 13.7 Å². The van der Waals surface area contributed by atoms with Crippen LogP contribution in [0.2, 0.25) is 0 Å². The molecule has 0 radical (unpaired) electrons.